The maximum absolute atomic E-state index is 11.8. The van der Waals surface area contributed by atoms with Gasteiger partial charge in [-0.2, -0.15) is 0 Å². The molecule has 0 radical (unpaired) electrons. The van der Waals surface area contributed by atoms with Crippen LogP contribution in [-0.4, -0.2) is 30.1 Å². The SMILES string of the molecule is O=C(NCC1CCCO1)c1cc(Cl)ncc1Cl. The van der Waals surface area contributed by atoms with Gasteiger partial charge >= 0.3 is 0 Å². The predicted molar refractivity (Wildman–Crippen MR) is 65.6 cm³/mol. The zero-order valence-electron chi connectivity index (χ0n) is 9.08. The second kappa shape index (κ2) is 5.67. The van der Waals surface area contributed by atoms with Crippen LogP contribution in [0.3, 0.4) is 0 Å². The Hall–Kier alpha value is -0.840. The molecule has 1 fully saturated rings. The molecule has 1 unspecified atom stereocenters. The first kappa shape index (κ1) is 12.6. The minimum atomic E-state index is -0.255. The molecule has 1 saturated heterocycles. The van der Waals surface area contributed by atoms with E-state index in [0.29, 0.717) is 17.1 Å². The van der Waals surface area contributed by atoms with E-state index in [4.69, 9.17) is 27.9 Å². The van der Waals surface area contributed by atoms with Crippen LogP contribution >= 0.6 is 23.2 Å². The average Bonchev–Trinajstić information content (AvgIpc) is 2.82. The molecule has 6 heteroatoms. The van der Waals surface area contributed by atoms with E-state index in [-0.39, 0.29) is 17.2 Å². The zero-order valence-corrected chi connectivity index (χ0v) is 10.6. The topological polar surface area (TPSA) is 51.2 Å². The van der Waals surface area contributed by atoms with Crippen molar-refractivity contribution in [3.8, 4) is 0 Å². The van der Waals surface area contributed by atoms with Crippen molar-refractivity contribution >= 4 is 29.1 Å². The summed E-state index contributed by atoms with van der Waals surface area (Å²) in [7, 11) is 0. The van der Waals surface area contributed by atoms with Gasteiger partial charge in [0, 0.05) is 19.3 Å². The molecule has 1 aromatic heterocycles. The average molecular weight is 275 g/mol. The van der Waals surface area contributed by atoms with Crippen molar-refractivity contribution in [2.45, 2.75) is 18.9 Å². The van der Waals surface area contributed by atoms with Gasteiger partial charge in [-0.3, -0.25) is 4.79 Å². The van der Waals surface area contributed by atoms with Gasteiger partial charge in [0.15, 0.2) is 0 Å². The van der Waals surface area contributed by atoms with Gasteiger partial charge in [0.1, 0.15) is 5.15 Å². The van der Waals surface area contributed by atoms with Gasteiger partial charge in [-0.1, -0.05) is 23.2 Å². The van der Waals surface area contributed by atoms with Gasteiger partial charge in [-0.25, -0.2) is 4.98 Å². The van der Waals surface area contributed by atoms with E-state index in [0.717, 1.165) is 19.4 Å². The third-order valence-electron chi connectivity index (χ3n) is 2.58. The van der Waals surface area contributed by atoms with Crippen LogP contribution in [0.4, 0.5) is 0 Å². The molecule has 0 aromatic carbocycles. The largest absolute Gasteiger partial charge is 0.376 e. The molecular formula is C11H12Cl2N2O2. The van der Waals surface area contributed by atoms with Gasteiger partial charge in [0.25, 0.3) is 5.91 Å². The lowest BCUT2D eigenvalue weighted by atomic mass is 10.2. The van der Waals surface area contributed by atoms with Crippen molar-refractivity contribution < 1.29 is 9.53 Å². The van der Waals surface area contributed by atoms with Crippen molar-refractivity contribution in [1.29, 1.82) is 0 Å². The molecule has 1 aromatic rings. The molecular weight excluding hydrogens is 263 g/mol. The first-order valence-electron chi connectivity index (χ1n) is 5.37. The summed E-state index contributed by atoms with van der Waals surface area (Å²) >= 11 is 11.6. The maximum atomic E-state index is 11.8. The number of hydrogen-bond donors (Lipinski definition) is 1. The van der Waals surface area contributed by atoms with E-state index in [1.807, 2.05) is 0 Å². The Labute approximate surface area is 109 Å². The van der Waals surface area contributed by atoms with Crippen LogP contribution in [-0.2, 0) is 4.74 Å². The summed E-state index contributed by atoms with van der Waals surface area (Å²) in [5, 5.41) is 3.31. The van der Waals surface area contributed by atoms with Crippen LogP contribution in [0.5, 0.6) is 0 Å². The van der Waals surface area contributed by atoms with E-state index in [9.17, 15) is 4.79 Å². The number of halogens is 2. The maximum Gasteiger partial charge on any atom is 0.253 e. The summed E-state index contributed by atoms with van der Waals surface area (Å²) in [5.41, 5.74) is 0.338. The van der Waals surface area contributed by atoms with Crippen LogP contribution in [0, 0.1) is 0 Å². The Morgan fingerprint density at radius 2 is 2.41 bits per heavy atom. The highest BCUT2D eigenvalue weighted by atomic mass is 35.5. The molecule has 2 heterocycles. The van der Waals surface area contributed by atoms with Crippen LogP contribution < -0.4 is 5.32 Å². The predicted octanol–water partition coefficient (Wildman–Crippen LogP) is 2.30. The Balaban J connectivity index is 1.96. The highest BCUT2D eigenvalue weighted by Crippen LogP contribution is 2.18. The van der Waals surface area contributed by atoms with E-state index in [2.05, 4.69) is 10.3 Å². The second-order valence-electron chi connectivity index (χ2n) is 3.83. The fraction of sp³-hybridized carbons (Fsp3) is 0.455. The quantitative estimate of drug-likeness (QED) is 0.861. The van der Waals surface area contributed by atoms with Crippen molar-refractivity contribution in [2.75, 3.05) is 13.2 Å². The summed E-state index contributed by atoms with van der Waals surface area (Å²) in [6, 6.07) is 1.45. The van der Waals surface area contributed by atoms with Crippen molar-refractivity contribution in [1.82, 2.24) is 10.3 Å². The molecule has 92 valence electrons. The van der Waals surface area contributed by atoms with Crippen LogP contribution in [0.2, 0.25) is 10.2 Å². The molecule has 0 spiro atoms. The van der Waals surface area contributed by atoms with Gasteiger partial charge in [0.2, 0.25) is 0 Å². The highest BCUT2D eigenvalue weighted by molar-refractivity contribution is 6.35. The van der Waals surface area contributed by atoms with Crippen molar-refractivity contribution in [2.24, 2.45) is 0 Å². The fourth-order valence-corrected chi connectivity index (χ4v) is 2.04. The molecule has 1 amide bonds. The molecule has 17 heavy (non-hydrogen) atoms. The van der Waals surface area contributed by atoms with Crippen LogP contribution in [0.1, 0.15) is 23.2 Å². The molecule has 2 rings (SSSR count). The zero-order chi connectivity index (χ0) is 12.3. The number of pyridine rings is 1. The number of nitrogens with zero attached hydrogens (tertiary/aromatic N) is 1. The molecule has 1 atom stereocenters. The van der Waals surface area contributed by atoms with Gasteiger partial charge < -0.3 is 10.1 Å². The van der Waals surface area contributed by atoms with Crippen molar-refractivity contribution in [3.63, 3.8) is 0 Å². The smallest absolute Gasteiger partial charge is 0.253 e. The second-order valence-corrected chi connectivity index (χ2v) is 4.63. The minimum Gasteiger partial charge on any atom is -0.376 e. The first-order valence-corrected chi connectivity index (χ1v) is 6.13. The third-order valence-corrected chi connectivity index (χ3v) is 3.09. The Morgan fingerprint density at radius 1 is 1.59 bits per heavy atom. The highest BCUT2D eigenvalue weighted by Gasteiger charge is 2.18. The summed E-state index contributed by atoms with van der Waals surface area (Å²) in [6.07, 6.45) is 3.49. The molecule has 0 aliphatic carbocycles. The number of rotatable bonds is 3. The lowest BCUT2D eigenvalue weighted by Gasteiger charge is -2.11. The molecule has 1 aliphatic rings. The Kier molecular flexibility index (Phi) is 4.20. The third kappa shape index (κ3) is 3.31. The van der Waals surface area contributed by atoms with Crippen LogP contribution in [0.15, 0.2) is 12.3 Å². The van der Waals surface area contributed by atoms with E-state index in [1.165, 1.54) is 12.3 Å². The molecule has 1 aliphatic heterocycles. The lowest BCUT2D eigenvalue weighted by Crippen LogP contribution is -2.31. The first-order chi connectivity index (χ1) is 8.16. The number of amides is 1. The number of carbonyl (C=O) groups excluding carboxylic acids is 1. The van der Waals surface area contributed by atoms with E-state index in [1.54, 1.807) is 0 Å². The number of carbonyl (C=O) groups is 1. The molecule has 0 saturated carbocycles. The summed E-state index contributed by atoms with van der Waals surface area (Å²) in [5.74, 6) is -0.255. The van der Waals surface area contributed by atoms with Gasteiger partial charge in [-0.05, 0) is 18.9 Å². The normalized spacial score (nSPS) is 19.3. The number of ether oxygens (including phenoxy) is 1. The minimum absolute atomic E-state index is 0.107. The monoisotopic (exact) mass is 274 g/mol. The summed E-state index contributed by atoms with van der Waals surface area (Å²) in [6.45, 7) is 1.26. The van der Waals surface area contributed by atoms with E-state index < -0.39 is 0 Å². The summed E-state index contributed by atoms with van der Waals surface area (Å²) in [4.78, 5) is 15.6. The molecule has 4 nitrogen and oxygen atoms in total. The number of nitrogens with one attached hydrogen (secondary N) is 1. The van der Waals surface area contributed by atoms with E-state index >= 15 is 0 Å². The van der Waals surface area contributed by atoms with Gasteiger partial charge in [-0.15, -0.1) is 0 Å². The lowest BCUT2D eigenvalue weighted by molar-refractivity contribution is 0.0858. The van der Waals surface area contributed by atoms with Crippen molar-refractivity contribution in [3.05, 3.63) is 28.0 Å². The summed E-state index contributed by atoms with van der Waals surface area (Å²) < 4.78 is 5.41. The van der Waals surface area contributed by atoms with Crippen LogP contribution in [0.25, 0.3) is 0 Å². The van der Waals surface area contributed by atoms with Gasteiger partial charge in [0.05, 0.1) is 16.7 Å². The fourth-order valence-electron chi connectivity index (χ4n) is 1.69. The molecule has 1 N–H and O–H groups in total. The Morgan fingerprint density at radius 3 is 3.12 bits per heavy atom. The standard InChI is InChI=1S/C11H12Cl2N2O2/c12-9-6-14-10(13)4-8(9)11(16)15-5-7-2-1-3-17-7/h4,6-7H,1-3,5H2,(H,15,16). The number of aromatic nitrogens is 1. The molecule has 0 bridgehead atoms. The number of hydrogen-bond acceptors (Lipinski definition) is 3. The Bertz CT molecular complexity index is 420.